The number of amides is 1. The van der Waals surface area contributed by atoms with E-state index in [0.717, 1.165) is 16.8 Å². The fraction of sp³-hybridized carbons (Fsp3) is 0.368. The van der Waals surface area contributed by atoms with Crippen LogP contribution in [0.4, 0.5) is 5.69 Å². The van der Waals surface area contributed by atoms with Gasteiger partial charge in [0.15, 0.2) is 5.78 Å². The second kappa shape index (κ2) is 7.09. The number of nitrogens with one attached hydrogen (secondary N) is 1. The third-order valence-corrected chi connectivity index (χ3v) is 4.97. The summed E-state index contributed by atoms with van der Waals surface area (Å²) in [7, 11) is 0. The topological polar surface area (TPSA) is 46.2 Å². The number of hydrogen-bond acceptors (Lipinski definition) is 3. The van der Waals surface area contributed by atoms with Crippen LogP contribution in [-0.4, -0.2) is 11.7 Å². The summed E-state index contributed by atoms with van der Waals surface area (Å²) in [6.45, 7) is 9.99. The Bertz CT molecular complexity index is 702. The molecule has 122 valence electrons. The zero-order chi connectivity index (χ0) is 17.1. The number of ketones is 1. The third kappa shape index (κ3) is 3.88. The van der Waals surface area contributed by atoms with Crippen molar-refractivity contribution in [2.24, 2.45) is 0 Å². The third-order valence-electron chi connectivity index (χ3n) is 3.79. The molecule has 0 unspecified atom stereocenters. The van der Waals surface area contributed by atoms with Crippen LogP contribution in [0.5, 0.6) is 0 Å². The van der Waals surface area contributed by atoms with E-state index < -0.39 is 0 Å². The first-order valence-electron chi connectivity index (χ1n) is 7.86. The summed E-state index contributed by atoms with van der Waals surface area (Å²) in [6.07, 6.45) is 0. The van der Waals surface area contributed by atoms with E-state index in [-0.39, 0.29) is 11.7 Å². The lowest BCUT2D eigenvalue weighted by Gasteiger charge is -2.19. The number of hydrogen-bond donors (Lipinski definition) is 1. The highest BCUT2D eigenvalue weighted by Crippen LogP contribution is 2.33. The van der Waals surface area contributed by atoms with Gasteiger partial charge in [0, 0.05) is 5.69 Å². The highest BCUT2D eigenvalue weighted by atomic mass is 32.1. The minimum absolute atomic E-state index is 0.0144. The number of rotatable bonds is 5. The van der Waals surface area contributed by atoms with Gasteiger partial charge in [-0.05, 0) is 42.0 Å². The van der Waals surface area contributed by atoms with Crippen LogP contribution in [0.2, 0.25) is 0 Å². The molecule has 0 saturated heterocycles. The van der Waals surface area contributed by atoms with Crippen molar-refractivity contribution in [1.82, 2.24) is 0 Å². The Morgan fingerprint density at radius 3 is 1.87 bits per heavy atom. The smallest absolute Gasteiger partial charge is 0.265 e. The largest absolute Gasteiger partial charge is 0.321 e. The molecule has 0 saturated carbocycles. The molecule has 0 atom stereocenters. The molecule has 0 aliphatic carbocycles. The van der Waals surface area contributed by atoms with E-state index in [9.17, 15) is 9.59 Å². The van der Waals surface area contributed by atoms with Gasteiger partial charge in [0.2, 0.25) is 0 Å². The average molecular weight is 329 g/mol. The molecular weight excluding hydrogens is 306 g/mol. The van der Waals surface area contributed by atoms with Crippen LogP contribution < -0.4 is 5.32 Å². The van der Waals surface area contributed by atoms with E-state index in [1.165, 1.54) is 18.3 Å². The first-order valence-corrected chi connectivity index (χ1v) is 8.67. The van der Waals surface area contributed by atoms with Crippen LogP contribution in [0.1, 0.15) is 76.9 Å². The van der Waals surface area contributed by atoms with Crippen LogP contribution in [0, 0.1) is 0 Å². The zero-order valence-electron chi connectivity index (χ0n) is 14.3. The lowest BCUT2D eigenvalue weighted by molar-refractivity contribution is 0.101. The van der Waals surface area contributed by atoms with Gasteiger partial charge in [-0.15, -0.1) is 11.3 Å². The zero-order valence-corrected chi connectivity index (χ0v) is 15.1. The molecule has 1 aromatic carbocycles. The van der Waals surface area contributed by atoms with Gasteiger partial charge in [0.05, 0.1) is 9.75 Å². The Balaban J connectivity index is 2.37. The van der Waals surface area contributed by atoms with E-state index in [1.54, 1.807) is 12.1 Å². The molecule has 0 spiro atoms. The highest BCUT2D eigenvalue weighted by Gasteiger charge is 2.18. The fourth-order valence-electron chi connectivity index (χ4n) is 2.52. The standard InChI is InChI=1S/C19H23NO2S/c1-11(2)14-7-6-8-15(12(3)4)18(14)20-19(22)17-10-9-16(23-17)13(5)21/h6-12H,1-5H3,(H,20,22). The molecule has 2 aromatic rings. The summed E-state index contributed by atoms with van der Waals surface area (Å²) in [5.74, 6) is 0.470. The molecule has 0 aliphatic rings. The van der Waals surface area contributed by atoms with Crippen LogP contribution in [0.3, 0.4) is 0 Å². The molecule has 0 aliphatic heterocycles. The Morgan fingerprint density at radius 2 is 1.43 bits per heavy atom. The number of anilines is 1. The minimum Gasteiger partial charge on any atom is -0.321 e. The molecule has 1 amide bonds. The van der Waals surface area contributed by atoms with Crippen molar-refractivity contribution in [3.8, 4) is 0 Å². The highest BCUT2D eigenvalue weighted by molar-refractivity contribution is 7.16. The van der Waals surface area contributed by atoms with Crippen LogP contribution in [0.25, 0.3) is 0 Å². The van der Waals surface area contributed by atoms with Crippen molar-refractivity contribution in [3.05, 3.63) is 51.2 Å². The maximum atomic E-state index is 12.6. The van der Waals surface area contributed by atoms with Crippen LogP contribution >= 0.6 is 11.3 Å². The number of carbonyl (C=O) groups excluding carboxylic acids is 2. The van der Waals surface area contributed by atoms with Crippen molar-refractivity contribution in [3.63, 3.8) is 0 Å². The minimum atomic E-state index is -0.155. The second-order valence-corrected chi connectivity index (χ2v) is 7.38. The van der Waals surface area contributed by atoms with Crippen molar-refractivity contribution >= 4 is 28.7 Å². The summed E-state index contributed by atoms with van der Waals surface area (Å²) in [4.78, 5) is 25.2. The molecule has 0 bridgehead atoms. The monoisotopic (exact) mass is 329 g/mol. The molecule has 1 N–H and O–H groups in total. The quantitative estimate of drug-likeness (QED) is 0.741. The van der Waals surface area contributed by atoms with Crippen molar-refractivity contribution in [2.45, 2.75) is 46.5 Å². The van der Waals surface area contributed by atoms with Crippen molar-refractivity contribution < 1.29 is 9.59 Å². The van der Waals surface area contributed by atoms with Gasteiger partial charge >= 0.3 is 0 Å². The lowest BCUT2D eigenvalue weighted by atomic mass is 9.92. The second-order valence-electron chi connectivity index (χ2n) is 6.30. The number of para-hydroxylation sites is 1. The predicted octanol–water partition coefficient (Wildman–Crippen LogP) is 5.45. The Labute approximate surface area is 141 Å². The van der Waals surface area contributed by atoms with Gasteiger partial charge in [0.25, 0.3) is 5.91 Å². The van der Waals surface area contributed by atoms with Crippen LogP contribution in [0.15, 0.2) is 30.3 Å². The van der Waals surface area contributed by atoms with Crippen LogP contribution in [-0.2, 0) is 0 Å². The Morgan fingerprint density at radius 1 is 0.913 bits per heavy atom. The van der Waals surface area contributed by atoms with Gasteiger partial charge in [-0.3, -0.25) is 9.59 Å². The average Bonchev–Trinajstić information content (AvgIpc) is 2.97. The lowest BCUT2D eigenvalue weighted by Crippen LogP contribution is -2.14. The number of Topliss-reactive ketones (excluding diaryl/α,β-unsaturated/α-hetero) is 1. The van der Waals surface area contributed by atoms with E-state index >= 15 is 0 Å². The number of carbonyl (C=O) groups is 2. The van der Waals surface area contributed by atoms with Gasteiger partial charge in [-0.25, -0.2) is 0 Å². The molecule has 1 aromatic heterocycles. The van der Waals surface area contributed by atoms with Gasteiger partial charge in [-0.2, -0.15) is 0 Å². The molecular formula is C19H23NO2S. The Hall–Kier alpha value is -1.94. The number of benzene rings is 1. The van der Waals surface area contributed by atoms with E-state index in [2.05, 4.69) is 45.1 Å². The first-order chi connectivity index (χ1) is 10.8. The molecule has 23 heavy (non-hydrogen) atoms. The van der Waals surface area contributed by atoms with E-state index in [4.69, 9.17) is 0 Å². The summed E-state index contributed by atoms with van der Waals surface area (Å²) in [5, 5.41) is 3.07. The van der Waals surface area contributed by atoms with Gasteiger partial charge < -0.3 is 5.32 Å². The molecule has 3 nitrogen and oxygen atoms in total. The molecule has 4 heteroatoms. The molecule has 2 rings (SSSR count). The maximum Gasteiger partial charge on any atom is 0.265 e. The summed E-state index contributed by atoms with van der Waals surface area (Å²) < 4.78 is 0. The van der Waals surface area contributed by atoms with Gasteiger partial charge in [0.1, 0.15) is 0 Å². The molecule has 0 fully saturated rings. The van der Waals surface area contributed by atoms with Crippen molar-refractivity contribution in [1.29, 1.82) is 0 Å². The Kier molecular flexibility index (Phi) is 5.37. The van der Waals surface area contributed by atoms with Crippen molar-refractivity contribution in [2.75, 3.05) is 5.32 Å². The summed E-state index contributed by atoms with van der Waals surface area (Å²) in [5.41, 5.74) is 3.17. The maximum absolute atomic E-state index is 12.6. The molecule has 1 heterocycles. The predicted molar refractivity (Wildman–Crippen MR) is 96.9 cm³/mol. The normalized spacial score (nSPS) is 11.1. The van der Waals surface area contributed by atoms with E-state index in [0.29, 0.717) is 21.6 Å². The SMILES string of the molecule is CC(=O)c1ccc(C(=O)Nc2c(C(C)C)cccc2C(C)C)s1. The summed E-state index contributed by atoms with van der Waals surface area (Å²) >= 11 is 1.24. The van der Waals surface area contributed by atoms with E-state index in [1.807, 2.05) is 6.07 Å². The molecule has 0 radical (unpaired) electrons. The number of thiophene rings is 1. The summed E-state index contributed by atoms with van der Waals surface area (Å²) in [6, 6.07) is 9.58. The van der Waals surface area contributed by atoms with Gasteiger partial charge in [-0.1, -0.05) is 45.9 Å². The first kappa shape index (κ1) is 17.4. The fourth-order valence-corrected chi connectivity index (χ4v) is 3.32.